The molecule has 0 spiro atoms. The fourth-order valence-corrected chi connectivity index (χ4v) is 5.11. The summed E-state index contributed by atoms with van der Waals surface area (Å²) < 4.78 is 0. The molecule has 0 atom stereocenters. The number of anilines is 1. The number of hydrogen-bond acceptors (Lipinski definition) is 4. The first-order valence-corrected chi connectivity index (χ1v) is 13.0. The van der Waals surface area contributed by atoms with E-state index in [1.165, 1.54) is 17.5 Å². The summed E-state index contributed by atoms with van der Waals surface area (Å²) in [5, 5.41) is 20.0. The molecule has 2 aromatic carbocycles. The molecule has 0 unspecified atom stereocenters. The largest absolute Gasteiger partial charge is 0.481 e. The highest BCUT2D eigenvalue weighted by Crippen LogP contribution is 2.37. The lowest BCUT2D eigenvalue weighted by atomic mass is 9.87. The van der Waals surface area contributed by atoms with Crippen LogP contribution in [0.5, 0.6) is 0 Å². The van der Waals surface area contributed by atoms with Crippen LogP contribution in [0.25, 0.3) is 0 Å². The molecule has 1 aliphatic carbocycles. The van der Waals surface area contributed by atoms with E-state index in [1.807, 2.05) is 29.2 Å². The van der Waals surface area contributed by atoms with Crippen LogP contribution in [-0.4, -0.2) is 41.1 Å². The molecule has 0 saturated heterocycles. The third-order valence-electron chi connectivity index (χ3n) is 6.68. The molecule has 3 N–H and O–H groups in total. The number of halogens is 1. The van der Waals surface area contributed by atoms with E-state index in [-0.39, 0.29) is 24.7 Å². The van der Waals surface area contributed by atoms with E-state index in [4.69, 9.17) is 21.8 Å². The number of aliphatic carboxylic acids is 2. The maximum absolute atomic E-state index is 13.7. The van der Waals surface area contributed by atoms with Crippen LogP contribution in [-0.2, 0) is 33.8 Å². The molecule has 194 valence electrons. The zero-order chi connectivity index (χ0) is 25.9. The Morgan fingerprint density at radius 3 is 2.17 bits per heavy atom. The average Bonchev–Trinajstić information content (AvgIpc) is 3.13. The number of benzene rings is 2. The quantitative estimate of drug-likeness (QED) is 0.476. The second kappa shape index (κ2) is 14.0. The SMILES string of the molecule is O=C(C1CCCCC1)N(Cc1ccccc1)c1c(Cl)ccc2c1CCNCC2.O=C(O)CCC(=O)O. The van der Waals surface area contributed by atoms with Gasteiger partial charge in [0.05, 0.1) is 30.1 Å². The molecule has 8 heteroatoms. The summed E-state index contributed by atoms with van der Waals surface area (Å²) in [6.07, 6.45) is 6.85. The summed E-state index contributed by atoms with van der Waals surface area (Å²) in [5.74, 6) is -1.79. The molecule has 7 nitrogen and oxygen atoms in total. The van der Waals surface area contributed by atoms with Crippen molar-refractivity contribution in [3.63, 3.8) is 0 Å². The van der Waals surface area contributed by atoms with E-state index in [1.54, 1.807) is 0 Å². The van der Waals surface area contributed by atoms with Crippen molar-refractivity contribution in [2.24, 2.45) is 5.92 Å². The summed E-state index contributed by atoms with van der Waals surface area (Å²) in [6, 6.07) is 14.4. The van der Waals surface area contributed by atoms with Gasteiger partial charge in [0.25, 0.3) is 0 Å². The highest BCUT2D eigenvalue weighted by molar-refractivity contribution is 6.34. The molecule has 1 aliphatic heterocycles. The van der Waals surface area contributed by atoms with Crippen molar-refractivity contribution in [2.45, 2.75) is 64.3 Å². The lowest BCUT2D eigenvalue weighted by Crippen LogP contribution is -2.37. The van der Waals surface area contributed by atoms with E-state index < -0.39 is 11.9 Å². The second-order valence-corrected chi connectivity index (χ2v) is 9.72. The van der Waals surface area contributed by atoms with Crippen molar-refractivity contribution in [3.8, 4) is 0 Å². The highest BCUT2D eigenvalue weighted by Gasteiger charge is 2.30. The van der Waals surface area contributed by atoms with Crippen LogP contribution in [0.4, 0.5) is 5.69 Å². The van der Waals surface area contributed by atoms with Crippen molar-refractivity contribution in [2.75, 3.05) is 18.0 Å². The number of rotatable bonds is 7. The summed E-state index contributed by atoms with van der Waals surface area (Å²) in [4.78, 5) is 35.0. The van der Waals surface area contributed by atoms with Crippen LogP contribution >= 0.6 is 11.6 Å². The molecule has 0 aromatic heterocycles. The number of amides is 1. The van der Waals surface area contributed by atoms with Gasteiger partial charge in [-0.1, -0.05) is 67.3 Å². The van der Waals surface area contributed by atoms with Crippen molar-refractivity contribution < 1.29 is 24.6 Å². The molecule has 1 saturated carbocycles. The minimum absolute atomic E-state index is 0.119. The molecule has 36 heavy (non-hydrogen) atoms. The number of fused-ring (bicyclic) bond motifs is 1. The zero-order valence-corrected chi connectivity index (χ0v) is 21.3. The fourth-order valence-electron chi connectivity index (χ4n) is 4.83. The Hall–Kier alpha value is -2.90. The molecule has 1 heterocycles. The molecule has 2 aromatic rings. The van der Waals surface area contributed by atoms with Gasteiger partial charge in [0, 0.05) is 5.92 Å². The normalized spacial score (nSPS) is 15.6. The van der Waals surface area contributed by atoms with Crippen LogP contribution in [0, 0.1) is 5.92 Å². The smallest absolute Gasteiger partial charge is 0.303 e. The van der Waals surface area contributed by atoms with E-state index in [2.05, 4.69) is 23.5 Å². The number of carboxylic acids is 2. The minimum Gasteiger partial charge on any atom is -0.481 e. The van der Waals surface area contributed by atoms with E-state index in [9.17, 15) is 14.4 Å². The standard InChI is InChI=1S/C24H29ClN2O.C4H6O4/c25-22-12-11-19-13-15-26-16-14-21(19)23(22)27(17-18-7-3-1-4-8-18)24(28)20-9-5-2-6-10-20;5-3(6)1-2-4(7)8/h1,3-4,7-8,11-12,20,26H,2,5-6,9-10,13-17H2;1-2H2,(H,5,6)(H,7,8). The number of carbonyl (C=O) groups is 3. The van der Waals surface area contributed by atoms with Gasteiger partial charge in [-0.15, -0.1) is 0 Å². The lowest BCUT2D eigenvalue weighted by Gasteiger charge is -2.32. The van der Waals surface area contributed by atoms with Gasteiger partial charge in [-0.2, -0.15) is 0 Å². The van der Waals surface area contributed by atoms with Gasteiger partial charge in [-0.3, -0.25) is 14.4 Å². The van der Waals surface area contributed by atoms with Crippen molar-refractivity contribution in [1.82, 2.24) is 5.32 Å². The van der Waals surface area contributed by atoms with Crippen molar-refractivity contribution in [3.05, 3.63) is 64.2 Å². The van der Waals surface area contributed by atoms with Gasteiger partial charge >= 0.3 is 11.9 Å². The van der Waals surface area contributed by atoms with Crippen molar-refractivity contribution in [1.29, 1.82) is 0 Å². The third-order valence-corrected chi connectivity index (χ3v) is 6.99. The monoisotopic (exact) mass is 514 g/mol. The minimum atomic E-state index is -1.08. The predicted molar refractivity (Wildman–Crippen MR) is 140 cm³/mol. The van der Waals surface area contributed by atoms with Gasteiger partial charge in [-0.05, 0) is 61.5 Å². The average molecular weight is 515 g/mol. The number of hydrogen-bond donors (Lipinski definition) is 3. The molecule has 0 radical (unpaired) electrons. The maximum atomic E-state index is 13.7. The van der Waals surface area contributed by atoms with Gasteiger partial charge in [0.2, 0.25) is 5.91 Å². The number of carbonyl (C=O) groups excluding carboxylic acids is 1. The van der Waals surface area contributed by atoms with E-state index >= 15 is 0 Å². The summed E-state index contributed by atoms with van der Waals surface area (Å²) in [5.41, 5.74) is 4.66. The van der Waals surface area contributed by atoms with E-state index in [0.717, 1.165) is 62.9 Å². The van der Waals surface area contributed by atoms with Crippen LogP contribution in [0.3, 0.4) is 0 Å². The highest BCUT2D eigenvalue weighted by atomic mass is 35.5. The summed E-state index contributed by atoms with van der Waals surface area (Å²) in [6.45, 7) is 2.49. The molecule has 1 amide bonds. The first kappa shape index (κ1) is 27.7. The number of nitrogens with zero attached hydrogens (tertiary/aromatic N) is 1. The molecular weight excluding hydrogens is 480 g/mol. The first-order chi connectivity index (χ1) is 17.4. The summed E-state index contributed by atoms with van der Waals surface area (Å²) in [7, 11) is 0. The van der Waals surface area contributed by atoms with Crippen LogP contribution in [0.2, 0.25) is 5.02 Å². The molecule has 0 bridgehead atoms. The Morgan fingerprint density at radius 1 is 0.889 bits per heavy atom. The fraction of sp³-hybridized carbons (Fsp3) is 0.464. The predicted octanol–water partition coefficient (Wildman–Crippen LogP) is 5.08. The first-order valence-electron chi connectivity index (χ1n) is 12.7. The topological polar surface area (TPSA) is 107 Å². The van der Waals surface area contributed by atoms with Crippen LogP contribution in [0.15, 0.2) is 42.5 Å². The van der Waals surface area contributed by atoms with Gasteiger partial charge in [-0.25, -0.2) is 0 Å². The van der Waals surface area contributed by atoms with Crippen LogP contribution in [0.1, 0.15) is 61.6 Å². The third kappa shape index (κ3) is 8.07. The second-order valence-electron chi connectivity index (χ2n) is 9.32. The van der Waals surface area contributed by atoms with Gasteiger partial charge in [0.1, 0.15) is 0 Å². The Kier molecular flexibility index (Phi) is 10.8. The Bertz CT molecular complexity index is 1020. The summed E-state index contributed by atoms with van der Waals surface area (Å²) >= 11 is 6.74. The zero-order valence-electron chi connectivity index (χ0n) is 20.5. The Labute approximate surface area is 217 Å². The molecule has 1 fully saturated rings. The number of carboxylic acid groups (broad SMARTS) is 2. The van der Waals surface area contributed by atoms with E-state index in [0.29, 0.717) is 11.6 Å². The Morgan fingerprint density at radius 2 is 1.53 bits per heavy atom. The van der Waals surface area contributed by atoms with Gasteiger partial charge < -0.3 is 20.4 Å². The maximum Gasteiger partial charge on any atom is 0.303 e. The van der Waals surface area contributed by atoms with Crippen molar-refractivity contribution >= 4 is 35.1 Å². The number of nitrogens with one attached hydrogen (secondary N) is 1. The van der Waals surface area contributed by atoms with Gasteiger partial charge in [0.15, 0.2) is 0 Å². The van der Waals surface area contributed by atoms with Crippen LogP contribution < -0.4 is 10.2 Å². The lowest BCUT2D eigenvalue weighted by molar-refractivity contribution is -0.143. The Balaban J connectivity index is 0.000000392. The molecular formula is C28H35ClN2O5. The molecule has 2 aliphatic rings. The molecule has 4 rings (SSSR count).